The minimum Gasteiger partial charge on any atom is -1.00 e. The SMILES string of the molecule is O=C(CCCC[n+]1ccccc1)NC1CCCCCCCCCCC1.[Br-]. The number of rotatable bonds is 6. The number of carbonyl (C=O) groups is 1. The zero-order valence-electron chi connectivity index (χ0n) is 16.3. The second kappa shape index (κ2) is 15.2. The van der Waals surface area contributed by atoms with E-state index in [4.69, 9.17) is 0 Å². The molecule has 1 N–H and O–H groups in total. The molecule has 1 amide bonds. The number of aromatic nitrogens is 1. The van der Waals surface area contributed by atoms with Crippen LogP contribution in [0.25, 0.3) is 0 Å². The van der Waals surface area contributed by atoms with Gasteiger partial charge in [0.15, 0.2) is 12.4 Å². The summed E-state index contributed by atoms with van der Waals surface area (Å²) in [6, 6.07) is 6.55. The summed E-state index contributed by atoms with van der Waals surface area (Å²) in [5.74, 6) is 0.259. The Labute approximate surface area is 170 Å². The van der Waals surface area contributed by atoms with E-state index in [0.717, 1.165) is 19.4 Å². The first kappa shape index (κ1) is 23.1. The quantitative estimate of drug-likeness (QED) is 0.549. The van der Waals surface area contributed by atoms with Crippen LogP contribution in [0.5, 0.6) is 0 Å². The van der Waals surface area contributed by atoms with Gasteiger partial charge in [0, 0.05) is 31.0 Å². The van der Waals surface area contributed by atoms with Crippen LogP contribution in [0.3, 0.4) is 0 Å². The predicted octanol–water partition coefficient (Wildman–Crippen LogP) is 1.94. The fraction of sp³-hybridized carbons (Fsp3) is 0.727. The Morgan fingerprint density at radius 1 is 0.808 bits per heavy atom. The monoisotopic (exact) mass is 424 g/mol. The van der Waals surface area contributed by atoms with E-state index in [1.807, 2.05) is 6.07 Å². The molecule has 0 unspecified atom stereocenters. The van der Waals surface area contributed by atoms with Crippen LogP contribution >= 0.6 is 0 Å². The third kappa shape index (κ3) is 10.9. The molecule has 0 aromatic carbocycles. The first-order valence-electron chi connectivity index (χ1n) is 10.6. The number of pyridine rings is 1. The molecule has 1 saturated carbocycles. The summed E-state index contributed by atoms with van der Waals surface area (Å²) >= 11 is 0. The molecule has 1 fully saturated rings. The summed E-state index contributed by atoms with van der Waals surface area (Å²) in [6.45, 7) is 0.998. The lowest BCUT2D eigenvalue weighted by Crippen LogP contribution is -3.00. The highest BCUT2D eigenvalue weighted by Crippen LogP contribution is 2.17. The van der Waals surface area contributed by atoms with Crippen molar-refractivity contribution in [2.24, 2.45) is 0 Å². The van der Waals surface area contributed by atoms with E-state index < -0.39 is 0 Å². The number of nitrogens with zero attached hydrogens (tertiary/aromatic N) is 1. The molecule has 0 bridgehead atoms. The summed E-state index contributed by atoms with van der Waals surface area (Å²) in [6.07, 6.45) is 21.4. The van der Waals surface area contributed by atoms with Crippen molar-refractivity contribution < 1.29 is 26.3 Å². The zero-order chi connectivity index (χ0) is 17.6. The van der Waals surface area contributed by atoms with Crippen molar-refractivity contribution in [2.45, 2.75) is 102 Å². The van der Waals surface area contributed by atoms with E-state index in [9.17, 15) is 4.79 Å². The standard InChI is InChI=1S/C22H36N2O.BrH/c25-22(17-11-14-20-24-18-12-8-13-19-24)23-21-15-9-6-4-2-1-3-5-7-10-16-21;/h8,12-13,18-19,21H,1-7,9-11,14-17,20H2;1H. The van der Waals surface area contributed by atoms with Gasteiger partial charge in [0.1, 0.15) is 6.54 Å². The van der Waals surface area contributed by atoms with Gasteiger partial charge in [0.05, 0.1) is 0 Å². The lowest BCUT2D eigenvalue weighted by Gasteiger charge is -2.19. The molecule has 0 radical (unpaired) electrons. The highest BCUT2D eigenvalue weighted by Gasteiger charge is 2.12. The minimum absolute atomic E-state index is 0. The number of hydrogen-bond acceptors (Lipinski definition) is 1. The molecule has 4 heteroatoms. The van der Waals surface area contributed by atoms with Crippen molar-refractivity contribution in [1.29, 1.82) is 0 Å². The molecule has 1 heterocycles. The van der Waals surface area contributed by atoms with Crippen molar-refractivity contribution in [3.05, 3.63) is 30.6 Å². The van der Waals surface area contributed by atoms with Gasteiger partial charge in [0.2, 0.25) is 5.91 Å². The first-order valence-corrected chi connectivity index (χ1v) is 10.6. The molecule has 0 spiro atoms. The predicted molar refractivity (Wildman–Crippen MR) is 103 cm³/mol. The molecule has 0 aliphatic heterocycles. The van der Waals surface area contributed by atoms with Crippen molar-refractivity contribution in [3.8, 4) is 0 Å². The maximum absolute atomic E-state index is 12.3. The molecular formula is C22H37BrN2O. The lowest BCUT2D eigenvalue weighted by molar-refractivity contribution is -0.697. The van der Waals surface area contributed by atoms with Gasteiger partial charge in [-0.15, -0.1) is 0 Å². The molecule has 26 heavy (non-hydrogen) atoms. The fourth-order valence-electron chi connectivity index (χ4n) is 3.77. The van der Waals surface area contributed by atoms with E-state index >= 15 is 0 Å². The second-order valence-electron chi connectivity index (χ2n) is 7.59. The van der Waals surface area contributed by atoms with Crippen LogP contribution in [0.15, 0.2) is 30.6 Å². The molecule has 1 aromatic heterocycles. The van der Waals surface area contributed by atoms with Gasteiger partial charge in [-0.3, -0.25) is 4.79 Å². The highest BCUT2D eigenvalue weighted by molar-refractivity contribution is 5.76. The minimum atomic E-state index is 0. The molecular weight excluding hydrogens is 388 g/mol. The summed E-state index contributed by atoms with van der Waals surface area (Å²) < 4.78 is 2.19. The number of nitrogens with one attached hydrogen (secondary N) is 1. The molecule has 2 rings (SSSR count). The lowest BCUT2D eigenvalue weighted by atomic mass is 9.98. The van der Waals surface area contributed by atoms with Crippen LogP contribution in [-0.2, 0) is 11.3 Å². The number of unbranched alkanes of at least 4 members (excludes halogenated alkanes) is 1. The van der Waals surface area contributed by atoms with Crippen molar-refractivity contribution in [3.63, 3.8) is 0 Å². The summed E-state index contributed by atoms with van der Waals surface area (Å²) in [5.41, 5.74) is 0. The molecule has 0 saturated heterocycles. The Bertz CT molecular complexity index is 454. The van der Waals surface area contributed by atoms with Crippen LogP contribution in [0.1, 0.15) is 89.9 Å². The highest BCUT2D eigenvalue weighted by atomic mass is 79.9. The van der Waals surface area contributed by atoms with E-state index in [1.165, 1.54) is 70.6 Å². The second-order valence-corrected chi connectivity index (χ2v) is 7.59. The van der Waals surface area contributed by atoms with Gasteiger partial charge >= 0.3 is 0 Å². The van der Waals surface area contributed by atoms with Crippen molar-refractivity contribution in [1.82, 2.24) is 5.32 Å². The topological polar surface area (TPSA) is 33.0 Å². The van der Waals surface area contributed by atoms with Crippen LogP contribution in [0.4, 0.5) is 0 Å². The molecule has 1 aliphatic rings. The van der Waals surface area contributed by atoms with Gasteiger partial charge in [-0.05, 0) is 19.3 Å². The first-order chi connectivity index (χ1) is 12.3. The van der Waals surface area contributed by atoms with Crippen LogP contribution in [0.2, 0.25) is 0 Å². The van der Waals surface area contributed by atoms with Crippen LogP contribution < -0.4 is 26.9 Å². The van der Waals surface area contributed by atoms with E-state index in [2.05, 4.69) is 34.4 Å². The number of aryl methyl sites for hydroxylation is 1. The maximum Gasteiger partial charge on any atom is 0.220 e. The Kier molecular flexibility index (Phi) is 13.5. The summed E-state index contributed by atoms with van der Waals surface area (Å²) in [4.78, 5) is 12.3. The Hall–Kier alpha value is -0.900. The van der Waals surface area contributed by atoms with Gasteiger partial charge in [-0.25, -0.2) is 4.57 Å². The van der Waals surface area contributed by atoms with Gasteiger partial charge < -0.3 is 22.3 Å². The average molecular weight is 425 g/mol. The largest absolute Gasteiger partial charge is 1.00 e. The molecule has 1 aliphatic carbocycles. The van der Waals surface area contributed by atoms with E-state index in [0.29, 0.717) is 12.5 Å². The third-order valence-electron chi connectivity index (χ3n) is 5.32. The zero-order valence-corrected chi connectivity index (χ0v) is 17.9. The molecule has 148 valence electrons. The Morgan fingerprint density at radius 2 is 1.35 bits per heavy atom. The van der Waals surface area contributed by atoms with Crippen molar-refractivity contribution in [2.75, 3.05) is 0 Å². The summed E-state index contributed by atoms with van der Waals surface area (Å²) in [5, 5.41) is 3.32. The maximum atomic E-state index is 12.3. The van der Waals surface area contributed by atoms with Crippen LogP contribution in [0, 0.1) is 0 Å². The fourth-order valence-corrected chi connectivity index (χ4v) is 3.77. The Morgan fingerprint density at radius 3 is 1.92 bits per heavy atom. The van der Waals surface area contributed by atoms with Crippen LogP contribution in [-0.4, -0.2) is 11.9 Å². The Balaban J connectivity index is 0.00000338. The van der Waals surface area contributed by atoms with Gasteiger partial charge in [-0.2, -0.15) is 0 Å². The number of halogens is 1. The van der Waals surface area contributed by atoms with Crippen molar-refractivity contribution >= 4 is 5.91 Å². The van der Waals surface area contributed by atoms with Gasteiger partial charge in [0.25, 0.3) is 0 Å². The normalized spacial score (nSPS) is 17.4. The molecule has 0 atom stereocenters. The van der Waals surface area contributed by atoms with E-state index in [-0.39, 0.29) is 22.9 Å². The van der Waals surface area contributed by atoms with Gasteiger partial charge in [-0.1, -0.05) is 63.9 Å². The number of amides is 1. The van der Waals surface area contributed by atoms with E-state index in [1.54, 1.807) is 0 Å². The smallest absolute Gasteiger partial charge is 0.220 e. The summed E-state index contributed by atoms with van der Waals surface area (Å²) in [7, 11) is 0. The molecule has 1 aromatic rings. The number of hydrogen-bond donors (Lipinski definition) is 1. The third-order valence-corrected chi connectivity index (χ3v) is 5.32. The number of carbonyl (C=O) groups excluding carboxylic acids is 1. The average Bonchev–Trinajstić information content (AvgIpc) is 2.62. The molecule has 3 nitrogen and oxygen atoms in total.